The fourth-order valence-electron chi connectivity index (χ4n) is 2.06. The lowest BCUT2D eigenvalue weighted by molar-refractivity contribution is 0.0314. The fourth-order valence-corrected chi connectivity index (χ4v) is 3.72. The first-order valence-corrected chi connectivity index (χ1v) is 7.42. The van der Waals surface area contributed by atoms with E-state index in [0.29, 0.717) is 19.6 Å². The second kappa shape index (κ2) is 5.32. The number of carbonyl (C=O) groups is 1. The van der Waals surface area contributed by atoms with Crippen LogP contribution in [0.5, 0.6) is 0 Å². The second-order valence-electron chi connectivity index (χ2n) is 4.31. The van der Waals surface area contributed by atoms with Gasteiger partial charge in [0.15, 0.2) is 0 Å². The molecule has 2 rings (SSSR count). The molecule has 1 saturated heterocycles. The molecule has 1 aliphatic heterocycles. The predicted molar refractivity (Wildman–Crippen MR) is 66.5 cm³/mol. The highest BCUT2D eigenvalue weighted by molar-refractivity contribution is 7.89. The third-order valence-corrected chi connectivity index (χ3v) is 5.07. The standard InChI is InChI=1S/C11H16N2O5S/c1-2-8-7-18-4-3-13(8)19(16,17)9-5-10(11(14)15)12-6-9/h5-6,8,12H,2-4,7H2,1H3,(H,14,15). The number of ether oxygens (including phenoxy) is 1. The molecule has 0 bridgehead atoms. The number of rotatable bonds is 4. The average molecular weight is 288 g/mol. The topological polar surface area (TPSA) is 99.7 Å². The lowest BCUT2D eigenvalue weighted by Gasteiger charge is -2.33. The third-order valence-electron chi connectivity index (χ3n) is 3.14. The molecular formula is C11H16N2O5S. The van der Waals surface area contributed by atoms with Crippen molar-refractivity contribution in [1.29, 1.82) is 0 Å². The van der Waals surface area contributed by atoms with E-state index in [0.717, 1.165) is 6.07 Å². The summed E-state index contributed by atoms with van der Waals surface area (Å²) in [6.45, 7) is 2.90. The van der Waals surface area contributed by atoms with Crippen molar-refractivity contribution in [3.05, 3.63) is 18.0 Å². The molecule has 1 unspecified atom stereocenters. The van der Waals surface area contributed by atoms with Gasteiger partial charge >= 0.3 is 5.97 Å². The van der Waals surface area contributed by atoms with Crippen LogP contribution in [0.1, 0.15) is 23.8 Å². The normalized spacial score (nSPS) is 21.4. The number of aromatic carboxylic acids is 1. The molecule has 2 N–H and O–H groups in total. The molecule has 0 amide bonds. The molecule has 0 aliphatic carbocycles. The summed E-state index contributed by atoms with van der Waals surface area (Å²) in [5.74, 6) is -1.18. The molecule has 106 valence electrons. The SMILES string of the molecule is CCC1COCCN1S(=O)(=O)c1c[nH]c(C(=O)O)c1. The smallest absolute Gasteiger partial charge is 0.352 e. The van der Waals surface area contributed by atoms with Crippen molar-refractivity contribution in [2.75, 3.05) is 19.8 Å². The third kappa shape index (κ3) is 2.65. The van der Waals surface area contributed by atoms with Crippen LogP contribution in [0.2, 0.25) is 0 Å². The van der Waals surface area contributed by atoms with Crippen LogP contribution in [-0.2, 0) is 14.8 Å². The maximum absolute atomic E-state index is 12.4. The molecule has 2 heterocycles. The Morgan fingerprint density at radius 3 is 2.95 bits per heavy atom. The van der Waals surface area contributed by atoms with Crippen molar-refractivity contribution >= 4 is 16.0 Å². The summed E-state index contributed by atoms with van der Waals surface area (Å²) in [5.41, 5.74) is -0.139. The number of aromatic amines is 1. The van der Waals surface area contributed by atoms with Gasteiger partial charge in [0.1, 0.15) is 10.6 Å². The lowest BCUT2D eigenvalue weighted by atomic mass is 10.2. The van der Waals surface area contributed by atoms with Gasteiger partial charge in [-0.3, -0.25) is 0 Å². The number of carboxylic acid groups (broad SMARTS) is 1. The van der Waals surface area contributed by atoms with Crippen molar-refractivity contribution in [2.24, 2.45) is 0 Å². The molecular weight excluding hydrogens is 272 g/mol. The molecule has 8 heteroatoms. The highest BCUT2D eigenvalue weighted by Gasteiger charge is 2.33. The Kier molecular flexibility index (Phi) is 3.93. The Morgan fingerprint density at radius 1 is 1.63 bits per heavy atom. The van der Waals surface area contributed by atoms with Crippen LogP contribution in [0, 0.1) is 0 Å². The molecule has 1 aromatic heterocycles. The first-order chi connectivity index (χ1) is 8.96. The zero-order valence-corrected chi connectivity index (χ0v) is 11.3. The molecule has 0 saturated carbocycles. The quantitative estimate of drug-likeness (QED) is 0.841. The predicted octanol–water partition coefficient (Wildman–Crippen LogP) is 0.512. The van der Waals surface area contributed by atoms with Gasteiger partial charge < -0.3 is 14.8 Å². The zero-order valence-electron chi connectivity index (χ0n) is 10.5. The Balaban J connectivity index is 2.32. The Labute approximate surface area is 111 Å². The minimum atomic E-state index is -3.68. The van der Waals surface area contributed by atoms with Gasteiger partial charge in [0.2, 0.25) is 10.0 Å². The van der Waals surface area contributed by atoms with Crippen molar-refractivity contribution in [3.63, 3.8) is 0 Å². The molecule has 0 spiro atoms. The van der Waals surface area contributed by atoms with Gasteiger partial charge in [-0.2, -0.15) is 4.31 Å². The monoisotopic (exact) mass is 288 g/mol. The van der Waals surface area contributed by atoms with Crippen molar-refractivity contribution in [1.82, 2.24) is 9.29 Å². The summed E-state index contributed by atoms with van der Waals surface area (Å²) in [4.78, 5) is 13.2. The van der Waals surface area contributed by atoms with Crippen LogP contribution in [0.4, 0.5) is 0 Å². The molecule has 1 fully saturated rings. The van der Waals surface area contributed by atoms with Gasteiger partial charge in [0, 0.05) is 18.8 Å². The molecule has 7 nitrogen and oxygen atoms in total. The molecule has 1 aliphatic rings. The summed E-state index contributed by atoms with van der Waals surface area (Å²) < 4.78 is 31.5. The van der Waals surface area contributed by atoms with Crippen LogP contribution in [0.25, 0.3) is 0 Å². The van der Waals surface area contributed by atoms with Crippen molar-refractivity contribution in [3.8, 4) is 0 Å². The largest absolute Gasteiger partial charge is 0.477 e. The van der Waals surface area contributed by atoms with E-state index in [1.807, 2.05) is 6.92 Å². The summed E-state index contributed by atoms with van der Waals surface area (Å²) in [6, 6.07) is 0.932. The number of nitrogens with zero attached hydrogens (tertiary/aromatic N) is 1. The number of morpholine rings is 1. The number of carboxylic acids is 1. The first-order valence-electron chi connectivity index (χ1n) is 5.98. The van der Waals surface area contributed by atoms with Crippen LogP contribution in [-0.4, -0.2) is 54.6 Å². The van der Waals surface area contributed by atoms with Crippen molar-refractivity contribution < 1.29 is 23.1 Å². The van der Waals surface area contributed by atoms with Crippen LogP contribution in [0.3, 0.4) is 0 Å². The van der Waals surface area contributed by atoms with Gasteiger partial charge in [-0.05, 0) is 12.5 Å². The van der Waals surface area contributed by atoms with Crippen LogP contribution in [0.15, 0.2) is 17.2 Å². The summed E-state index contributed by atoms with van der Waals surface area (Å²) in [5, 5.41) is 8.81. The maximum atomic E-state index is 12.4. The van der Waals surface area contributed by atoms with E-state index in [-0.39, 0.29) is 23.2 Å². The Morgan fingerprint density at radius 2 is 2.37 bits per heavy atom. The maximum Gasteiger partial charge on any atom is 0.352 e. The molecule has 19 heavy (non-hydrogen) atoms. The fraction of sp³-hybridized carbons (Fsp3) is 0.545. The van der Waals surface area contributed by atoms with E-state index in [2.05, 4.69) is 4.98 Å². The van der Waals surface area contributed by atoms with Gasteiger partial charge in [-0.15, -0.1) is 0 Å². The molecule has 1 aromatic rings. The van der Waals surface area contributed by atoms with E-state index >= 15 is 0 Å². The summed E-state index contributed by atoms with van der Waals surface area (Å²) in [6.07, 6.45) is 1.86. The number of sulfonamides is 1. The summed E-state index contributed by atoms with van der Waals surface area (Å²) in [7, 11) is -3.68. The summed E-state index contributed by atoms with van der Waals surface area (Å²) >= 11 is 0. The van der Waals surface area contributed by atoms with Crippen molar-refractivity contribution in [2.45, 2.75) is 24.3 Å². The number of hydrogen-bond donors (Lipinski definition) is 2. The molecule has 0 radical (unpaired) electrons. The lowest BCUT2D eigenvalue weighted by Crippen LogP contribution is -2.48. The number of H-pyrrole nitrogens is 1. The van der Waals surface area contributed by atoms with E-state index in [9.17, 15) is 13.2 Å². The number of hydrogen-bond acceptors (Lipinski definition) is 4. The van der Waals surface area contributed by atoms with Gasteiger partial charge in [-0.1, -0.05) is 6.92 Å². The second-order valence-corrected chi connectivity index (χ2v) is 6.20. The minimum Gasteiger partial charge on any atom is -0.477 e. The first kappa shape index (κ1) is 14.0. The number of nitrogens with one attached hydrogen (secondary N) is 1. The van der Waals surface area contributed by atoms with E-state index < -0.39 is 16.0 Å². The van der Waals surface area contributed by atoms with E-state index in [4.69, 9.17) is 9.84 Å². The molecule has 0 aromatic carbocycles. The van der Waals surface area contributed by atoms with Gasteiger partial charge in [-0.25, -0.2) is 13.2 Å². The highest BCUT2D eigenvalue weighted by atomic mass is 32.2. The van der Waals surface area contributed by atoms with Crippen LogP contribution >= 0.6 is 0 Å². The molecule has 1 atom stereocenters. The van der Waals surface area contributed by atoms with Gasteiger partial charge in [0.05, 0.1) is 13.2 Å². The minimum absolute atomic E-state index is 0.0229. The van der Waals surface area contributed by atoms with Gasteiger partial charge in [0.25, 0.3) is 0 Å². The average Bonchev–Trinajstić information content (AvgIpc) is 2.89. The Bertz CT molecular complexity index is 565. The highest BCUT2D eigenvalue weighted by Crippen LogP contribution is 2.22. The van der Waals surface area contributed by atoms with Crippen LogP contribution < -0.4 is 0 Å². The van der Waals surface area contributed by atoms with E-state index in [1.54, 1.807) is 0 Å². The zero-order chi connectivity index (χ0) is 14.0. The number of aromatic nitrogens is 1. The van der Waals surface area contributed by atoms with E-state index in [1.165, 1.54) is 10.5 Å². The Hall–Kier alpha value is -1.38.